The number of nitrogens with one attached hydrogen (secondary N) is 1. The molecule has 4 nitrogen and oxygen atoms in total. The van der Waals surface area contributed by atoms with Crippen molar-refractivity contribution in [2.75, 3.05) is 13.6 Å². The number of hydrogen-bond donors (Lipinski definition) is 1. The summed E-state index contributed by atoms with van der Waals surface area (Å²) >= 11 is 0. The van der Waals surface area contributed by atoms with E-state index < -0.39 is 10.0 Å². The van der Waals surface area contributed by atoms with Crippen molar-refractivity contribution in [2.24, 2.45) is 5.92 Å². The van der Waals surface area contributed by atoms with Crippen LogP contribution in [0.25, 0.3) is 0 Å². The fourth-order valence-electron chi connectivity index (χ4n) is 2.15. The summed E-state index contributed by atoms with van der Waals surface area (Å²) in [5.74, 6) is 0.552. The highest BCUT2D eigenvalue weighted by Crippen LogP contribution is 2.31. The maximum absolute atomic E-state index is 12.7. The van der Waals surface area contributed by atoms with Gasteiger partial charge in [0.05, 0.1) is 4.90 Å². The van der Waals surface area contributed by atoms with Crippen LogP contribution in [-0.4, -0.2) is 32.4 Å². The third-order valence-corrected chi connectivity index (χ3v) is 5.50. The molecule has 1 aliphatic carbocycles. The smallest absolute Gasteiger partial charge is 0.243 e. The molecule has 1 aromatic carbocycles. The molecule has 1 fully saturated rings. The minimum Gasteiger partial charge on any atom is -0.310 e. The Labute approximate surface area is 122 Å². The molecular formula is C15H24N2O2S. The molecule has 1 saturated carbocycles. The first kappa shape index (κ1) is 15.5. The highest BCUT2D eigenvalue weighted by Gasteiger charge is 2.30. The predicted octanol–water partition coefficient (Wildman–Crippen LogP) is 2.22. The third kappa shape index (κ3) is 3.81. The summed E-state index contributed by atoms with van der Waals surface area (Å²) in [6, 6.07) is 7.59. The molecule has 0 heterocycles. The van der Waals surface area contributed by atoms with Crippen molar-refractivity contribution < 1.29 is 8.42 Å². The van der Waals surface area contributed by atoms with Crippen LogP contribution in [0.3, 0.4) is 0 Å². The molecule has 2 rings (SSSR count). The van der Waals surface area contributed by atoms with Crippen LogP contribution in [0.5, 0.6) is 0 Å². The summed E-state index contributed by atoms with van der Waals surface area (Å²) in [5.41, 5.74) is 0.837. The van der Waals surface area contributed by atoms with Gasteiger partial charge in [0.1, 0.15) is 0 Å². The SMILES string of the molecule is CC(C)NCc1ccccc1S(=O)(=O)N(C)CC1CC1. The van der Waals surface area contributed by atoms with E-state index >= 15 is 0 Å². The molecular weight excluding hydrogens is 272 g/mol. The number of benzene rings is 1. The van der Waals surface area contributed by atoms with Gasteiger partial charge in [0.15, 0.2) is 0 Å². The van der Waals surface area contributed by atoms with Gasteiger partial charge in [-0.2, -0.15) is 0 Å². The second-order valence-corrected chi connectivity index (χ2v) is 7.89. The lowest BCUT2D eigenvalue weighted by Crippen LogP contribution is -2.30. The van der Waals surface area contributed by atoms with Crippen LogP contribution in [0.4, 0.5) is 0 Å². The summed E-state index contributed by atoms with van der Waals surface area (Å²) in [4.78, 5) is 0.427. The quantitative estimate of drug-likeness (QED) is 0.839. The molecule has 0 saturated heterocycles. The van der Waals surface area contributed by atoms with E-state index in [2.05, 4.69) is 19.2 Å². The Morgan fingerprint density at radius 3 is 2.55 bits per heavy atom. The number of hydrogen-bond acceptors (Lipinski definition) is 3. The van der Waals surface area contributed by atoms with Gasteiger partial charge < -0.3 is 5.32 Å². The molecule has 0 spiro atoms. The maximum Gasteiger partial charge on any atom is 0.243 e. The summed E-state index contributed by atoms with van der Waals surface area (Å²) in [5, 5.41) is 3.28. The first-order valence-corrected chi connectivity index (χ1v) is 8.63. The van der Waals surface area contributed by atoms with Crippen molar-refractivity contribution in [1.29, 1.82) is 0 Å². The van der Waals surface area contributed by atoms with Gasteiger partial charge in [-0.15, -0.1) is 0 Å². The molecule has 112 valence electrons. The van der Waals surface area contributed by atoms with E-state index in [9.17, 15) is 8.42 Å². The van der Waals surface area contributed by atoms with E-state index in [-0.39, 0.29) is 0 Å². The van der Waals surface area contributed by atoms with Crippen molar-refractivity contribution in [3.05, 3.63) is 29.8 Å². The second-order valence-electron chi connectivity index (χ2n) is 5.87. The molecule has 1 N–H and O–H groups in total. The Hall–Kier alpha value is -0.910. The molecule has 1 aromatic rings. The van der Waals surface area contributed by atoms with Gasteiger partial charge in [0.2, 0.25) is 10.0 Å². The monoisotopic (exact) mass is 296 g/mol. The summed E-state index contributed by atoms with van der Waals surface area (Å²) in [7, 11) is -1.70. The lowest BCUT2D eigenvalue weighted by molar-refractivity contribution is 0.451. The predicted molar refractivity (Wildman–Crippen MR) is 81.0 cm³/mol. The minimum atomic E-state index is -3.38. The maximum atomic E-state index is 12.7. The van der Waals surface area contributed by atoms with E-state index in [4.69, 9.17) is 0 Å². The first-order chi connectivity index (χ1) is 9.41. The Kier molecular flexibility index (Phi) is 4.83. The fraction of sp³-hybridized carbons (Fsp3) is 0.600. The molecule has 0 aliphatic heterocycles. The Balaban J connectivity index is 2.21. The Morgan fingerprint density at radius 1 is 1.30 bits per heavy atom. The lowest BCUT2D eigenvalue weighted by Gasteiger charge is -2.19. The third-order valence-electron chi connectivity index (χ3n) is 3.57. The van der Waals surface area contributed by atoms with Gasteiger partial charge >= 0.3 is 0 Å². The van der Waals surface area contributed by atoms with Gasteiger partial charge in [-0.05, 0) is 30.4 Å². The van der Waals surface area contributed by atoms with Crippen LogP contribution in [0, 0.1) is 5.92 Å². The molecule has 1 aliphatic rings. The highest BCUT2D eigenvalue weighted by molar-refractivity contribution is 7.89. The van der Waals surface area contributed by atoms with Crippen LogP contribution in [-0.2, 0) is 16.6 Å². The van der Waals surface area contributed by atoms with Gasteiger partial charge in [-0.1, -0.05) is 32.0 Å². The number of sulfonamides is 1. The van der Waals surface area contributed by atoms with E-state index in [1.807, 2.05) is 12.1 Å². The van der Waals surface area contributed by atoms with Gasteiger partial charge in [0, 0.05) is 26.2 Å². The summed E-state index contributed by atoms with van der Waals surface area (Å²) in [6.07, 6.45) is 2.30. The fourth-order valence-corrected chi connectivity index (χ4v) is 3.61. The zero-order valence-corrected chi connectivity index (χ0v) is 13.3. The zero-order chi connectivity index (χ0) is 14.8. The molecule has 20 heavy (non-hydrogen) atoms. The Morgan fingerprint density at radius 2 is 1.95 bits per heavy atom. The van der Waals surface area contributed by atoms with E-state index in [1.54, 1.807) is 19.2 Å². The van der Waals surface area contributed by atoms with Crippen LogP contribution in [0.2, 0.25) is 0 Å². The van der Waals surface area contributed by atoms with Gasteiger partial charge in [0.25, 0.3) is 0 Å². The molecule has 0 bridgehead atoms. The van der Waals surface area contributed by atoms with Gasteiger partial charge in [-0.25, -0.2) is 12.7 Å². The average molecular weight is 296 g/mol. The zero-order valence-electron chi connectivity index (χ0n) is 12.5. The molecule has 5 heteroatoms. The summed E-state index contributed by atoms with van der Waals surface area (Å²) in [6.45, 7) is 5.31. The van der Waals surface area contributed by atoms with E-state index in [0.717, 1.165) is 18.4 Å². The molecule has 0 aromatic heterocycles. The number of nitrogens with zero attached hydrogens (tertiary/aromatic N) is 1. The topological polar surface area (TPSA) is 49.4 Å². The normalized spacial score (nSPS) is 16.1. The first-order valence-electron chi connectivity index (χ1n) is 7.19. The summed E-state index contributed by atoms with van der Waals surface area (Å²) < 4.78 is 26.8. The van der Waals surface area contributed by atoms with Crippen molar-refractivity contribution in [1.82, 2.24) is 9.62 Å². The second kappa shape index (κ2) is 6.24. The van der Waals surface area contributed by atoms with Crippen molar-refractivity contribution in [2.45, 2.75) is 44.2 Å². The van der Waals surface area contributed by atoms with Crippen LogP contribution in [0.1, 0.15) is 32.3 Å². The number of rotatable bonds is 7. The minimum absolute atomic E-state index is 0.329. The van der Waals surface area contributed by atoms with Crippen LogP contribution >= 0.6 is 0 Å². The van der Waals surface area contributed by atoms with E-state index in [0.29, 0.717) is 29.9 Å². The molecule has 0 unspecified atom stereocenters. The lowest BCUT2D eigenvalue weighted by atomic mass is 10.2. The highest BCUT2D eigenvalue weighted by atomic mass is 32.2. The van der Waals surface area contributed by atoms with Gasteiger partial charge in [-0.3, -0.25) is 0 Å². The van der Waals surface area contributed by atoms with Crippen molar-refractivity contribution >= 4 is 10.0 Å². The average Bonchev–Trinajstić information content (AvgIpc) is 3.20. The largest absolute Gasteiger partial charge is 0.310 e. The van der Waals surface area contributed by atoms with E-state index in [1.165, 1.54) is 4.31 Å². The Bertz CT molecular complexity index is 551. The molecule has 0 atom stereocenters. The molecule has 0 radical (unpaired) electrons. The molecule has 0 amide bonds. The van der Waals surface area contributed by atoms with Crippen LogP contribution < -0.4 is 5.32 Å². The standard InChI is InChI=1S/C15H24N2O2S/c1-12(2)16-10-14-6-4-5-7-15(14)20(18,19)17(3)11-13-8-9-13/h4-7,12-13,16H,8-11H2,1-3H3. The van der Waals surface area contributed by atoms with Crippen molar-refractivity contribution in [3.63, 3.8) is 0 Å². The van der Waals surface area contributed by atoms with Crippen LogP contribution in [0.15, 0.2) is 29.2 Å². The van der Waals surface area contributed by atoms with Crippen molar-refractivity contribution in [3.8, 4) is 0 Å².